The molecule has 1 atom stereocenters. The van der Waals surface area contributed by atoms with Gasteiger partial charge in [0.15, 0.2) is 0 Å². The lowest BCUT2D eigenvalue weighted by Crippen LogP contribution is -2.31. The molecule has 0 fully saturated rings. The van der Waals surface area contributed by atoms with Gasteiger partial charge in [-0.25, -0.2) is 0 Å². The van der Waals surface area contributed by atoms with Gasteiger partial charge in [0.05, 0.1) is 0 Å². The van der Waals surface area contributed by atoms with Gasteiger partial charge in [0.2, 0.25) is 0 Å². The normalized spacial score (nSPS) is 14.1. The fourth-order valence-electron chi connectivity index (χ4n) is 1.17. The van der Waals surface area contributed by atoms with Crippen molar-refractivity contribution in [2.24, 2.45) is 0 Å². The van der Waals surface area contributed by atoms with Crippen LogP contribution in [0.2, 0.25) is 0 Å². The third kappa shape index (κ3) is 2.72. The summed E-state index contributed by atoms with van der Waals surface area (Å²) >= 11 is 3.17. The predicted octanol–water partition coefficient (Wildman–Crippen LogP) is 3.27. The summed E-state index contributed by atoms with van der Waals surface area (Å²) in [5.41, 5.74) is 0.211. The SMILES string of the molecule is CN[C@@H](c1ccc(Br)cc1)C(F)(F)F. The predicted molar refractivity (Wildman–Crippen MR) is 52.0 cm³/mol. The van der Waals surface area contributed by atoms with Crippen molar-refractivity contribution in [1.82, 2.24) is 5.32 Å². The zero-order valence-electron chi connectivity index (χ0n) is 7.40. The number of alkyl halides is 3. The second kappa shape index (κ2) is 4.31. The number of hydrogen-bond acceptors (Lipinski definition) is 1. The zero-order valence-corrected chi connectivity index (χ0v) is 8.98. The molecule has 0 radical (unpaired) electrons. The minimum absolute atomic E-state index is 0.211. The highest BCUT2D eigenvalue weighted by atomic mass is 79.9. The molecule has 0 heterocycles. The lowest BCUT2D eigenvalue weighted by Gasteiger charge is -2.19. The Labute approximate surface area is 88.4 Å². The second-order valence-corrected chi connectivity index (χ2v) is 3.73. The van der Waals surface area contributed by atoms with Crippen LogP contribution < -0.4 is 5.32 Å². The molecule has 14 heavy (non-hydrogen) atoms. The molecule has 0 saturated heterocycles. The smallest absolute Gasteiger partial charge is 0.306 e. The third-order valence-electron chi connectivity index (χ3n) is 1.82. The van der Waals surface area contributed by atoms with Crippen LogP contribution in [-0.4, -0.2) is 13.2 Å². The highest BCUT2D eigenvalue weighted by molar-refractivity contribution is 9.10. The van der Waals surface area contributed by atoms with Crippen molar-refractivity contribution in [3.63, 3.8) is 0 Å². The molecular weight excluding hydrogens is 259 g/mol. The average molecular weight is 268 g/mol. The molecule has 78 valence electrons. The van der Waals surface area contributed by atoms with Crippen molar-refractivity contribution in [2.75, 3.05) is 7.05 Å². The van der Waals surface area contributed by atoms with Crippen LogP contribution in [0, 0.1) is 0 Å². The fraction of sp³-hybridized carbons (Fsp3) is 0.333. The van der Waals surface area contributed by atoms with E-state index in [1.165, 1.54) is 19.2 Å². The summed E-state index contributed by atoms with van der Waals surface area (Å²) in [4.78, 5) is 0. The Morgan fingerprint density at radius 1 is 1.21 bits per heavy atom. The summed E-state index contributed by atoms with van der Waals surface area (Å²) < 4.78 is 38.1. The Kier molecular flexibility index (Phi) is 3.55. The molecular formula is C9H9BrF3N. The van der Waals surface area contributed by atoms with Gasteiger partial charge < -0.3 is 5.32 Å². The van der Waals surface area contributed by atoms with Gasteiger partial charge in [-0.1, -0.05) is 28.1 Å². The number of benzene rings is 1. The number of rotatable bonds is 2. The second-order valence-electron chi connectivity index (χ2n) is 2.81. The third-order valence-corrected chi connectivity index (χ3v) is 2.35. The van der Waals surface area contributed by atoms with Gasteiger partial charge in [0.25, 0.3) is 0 Å². The van der Waals surface area contributed by atoms with Gasteiger partial charge >= 0.3 is 6.18 Å². The van der Waals surface area contributed by atoms with Gasteiger partial charge in [0, 0.05) is 4.47 Å². The van der Waals surface area contributed by atoms with E-state index >= 15 is 0 Å². The number of hydrogen-bond donors (Lipinski definition) is 1. The Hall–Kier alpha value is -0.550. The van der Waals surface area contributed by atoms with Gasteiger partial charge in [-0.3, -0.25) is 0 Å². The molecule has 1 rings (SSSR count). The van der Waals surface area contributed by atoms with Gasteiger partial charge in [-0.05, 0) is 24.7 Å². The summed E-state index contributed by atoms with van der Waals surface area (Å²) in [6.07, 6.45) is -4.26. The monoisotopic (exact) mass is 267 g/mol. The molecule has 0 saturated carbocycles. The molecule has 1 aromatic rings. The van der Waals surface area contributed by atoms with Crippen LogP contribution in [-0.2, 0) is 0 Å². The molecule has 0 spiro atoms. The Bertz CT molecular complexity index is 294. The molecule has 5 heteroatoms. The van der Waals surface area contributed by atoms with E-state index in [1.54, 1.807) is 12.1 Å². The van der Waals surface area contributed by atoms with Gasteiger partial charge in [-0.2, -0.15) is 13.2 Å². The van der Waals surface area contributed by atoms with E-state index in [9.17, 15) is 13.2 Å². The van der Waals surface area contributed by atoms with Crippen LogP contribution in [0.5, 0.6) is 0 Å². The van der Waals surface area contributed by atoms with Crippen molar-refractivity contribution >= 4 is 15.9 Å². The maximum Gasteiger partial charge on any atom is 0.407 e. The maximum atomic E-state index is 12.4. The van der Waals surface area contributed by atoms with E-state index < -0.39 is 12.2 Å². The summed E-state index contributed by atoms with van der Waals surface area (Å²) in [6, 6.07) is 4.46. The van der Waals surface area contributed by atoms with Crippen molar-refractivity contribution < 1.29 is 13.2 Å². The van der Waals surface area contributed by atoms with E-state index in [0.717, 1.165) is 4.47 Å². The van der Waals surface area contributed by atoms with Crippen LogP contribution in [0.3, 0.4) is 0 Å². The minimum atomic E-state index is -4.26. The molecule has 0 aliphatic carbocycles. The first kappa shape index (κ1) is 11.5. The van der Waals surface area contributed by atoms with Crippen molar-refractivity contribution in [1.29, 1.82) is 0 Å². The molecule has 1 N–H and O–H groups in total. The highest BCUT2D eigenvalue weighted by Gasteiger charge is 2.39. The van der Waals surface area contributed by atoms with Crippen molar-refractivity contribution in [3.05, 3.63) is 34.3 Å². The molecule has 0 bridgehead atoms. The summed E-state index contributed by atoms with van der Waals surface area (Å²) in [6.45, 7) is 0. The van der Waals surface area contributed by atoms with Crippen molar-refractivity contribution in [2.45, 2.75) is 12.2 Å². The molecule has 0 unspecified atom stereocenters. The fourth-order valence-corrected chi connectivity index (χ4v) is 1.44. The van der Waals surface area contributed by atoms with Crippen LogP contribution >= 0.6 is 15.9 Å². The molecule has 0 amide bonds. The van der Waals surface area contributed by atoms with Crippen LogP contribution in [0.25, 0.3) is 0 Å². The van der Waals surface area contributed by atoms with E-state index in [2.05, 4.69) is 21.2 Å². The van der Waals surface area contributed by atoms with Crippen LogP contribution in [0.15, 0.2) is 28.7 Å². The maximum absolute atomic E-state index is 12.4. The topological polar surface area (TPSA) is 12.0 Å². The molecule has 0 aromatic heterocycles. The Morgan fingerprint density at radius 2 is 1.71 bits per heavy atom. The standard InChI is InChI=1S/C9H9BrF3N/c1-14-8(9(11,12)13)6-2-4-7(10)5-3-6/h2-5,8,14H,1H3/t8-/m0/s1. The molecule has 0 aliphatic heterocycles. The molecule has 1 aromatic carbocycles. The van der Waals surface area contributed by atoms with Crippen LogP contribution in [0.4, 0.5) is 13.2 Å². The van der Waals surface area contributed by atoms with Gasteiger partial charge in [0.1, 0.15) is 6.04 Å². The first-order valence-corrected chi connectivity index (χ1v) is 4.74. The van der Waals surface area contributed by atoms with Crippen LogP contribution in [0.1, 0.15) is 11.6 Å². The summed E-state index contributed by atoms with van der Waals surface area (Å²) in [5, 5.41) is 2.24. The molecule has 0 aliphatic rings. The number of nitrogens with one attached hydrogen (secondary N) is 1. The Morgan fingerprint density at radius 3 is 2.07 bits per heavy atom. The summed E-state index contributed by atoms with van der Waals surface area (Å²) in [5.74, 6) is 0. The lowest BCUT2D eigenvalue weighted by molar-refractivity contribution is -0.156. The van der Waals surface area contributed by atoms with E-state index in [-0.39, 0.29) is 5.56 Å². The molecule has 1 nitrogen and oxygen atoms in total. The minimum Gasteiger partial charge on any atom is -0.306 e. The lowest BCUT2D eigenvalue weighted by atomic mass is 10.1. The number of halogens is 4. The zero-order chi connectivity index (χ0) is 10.8. The van der Waals surface area contributed by atoms with E-state index in [4.69, 9.17) is 0 Å². The Balaban J connectivity index is 2.96. The first-order valence-electron chi connectivity index (χ1n) is 3.94. The van der Waals surface area contributed by atoms with Gasteiger partial charge in [-0.15, -0.1) is 0 Å². The summed E-state index contributed by atoms with van der Waals surface area (Å²) in [7, 11) is 1.29. The largest absolute Gasteiger partial charge is 0.407 e. The quantitative estimate of drug-likeness (QED) is 0.868. The first-order chi connectivity index (χ1) is 6.45. The average Bonchev–Trinajstić information content (AvgIpc) is 2.07. The highest BCUT2D eigenvalue weighted by Crippen LogP contribution is 2.32. The van der Waals surface area contributed by atoms with Crippen molar-refractivity contribution in [3.8, 4) is 0 Å². The van der Waals surface area contributed by atoms with E-state index in [0.29, 0.717) is 0 Å². The van der Waals surface area contributed by atoms with E-state index in [1.807, 2.05) is 0 Å².